The van der Waals surface area contributed by atoms with Crippen LogP contribution in [-0.2, 0) is 4.79 Å². The number of piperidine rings is 1. The van der Waals surface area contributed by atoms with Crippen molar-refractivity contribution in [2.75, 3.05) is 19.6 Å². The van der Waals surface area contributed by atoms with Crippen molar-refractivity contribution in [3.05, 3.63) is 0 Å². The van der Waals surface area contributed by atoms with E-state index in [-0.39, 0.29) is 6.04 Å². The highest BCUT2D eigenvalue weighted by atomic mass is 16.2. The Morgan fingerprint density at radius 1 is 1.22 bits per heavy atom. The fourth-order valence-corrected chi connectivity index (χ4v) is 2.61. The van der Waals surface area contributed by atoms with Gasteiger partial charge in [-0.1, -0.05) is 33.6 Å². The average molecular weight is 254 g/mol. The van der Waals surface area contributed by atoms with Gasteiger partial charge < -0.3 is 10.2 Å². The molecule has 1 N–H and O–H groups in total. The number of nitrogens with zero attached hydrogens (tertiary/aromatic N) is 1. The van der Waals surface area contributed by atoms with Gasteiger partial charge >= 0.3 is 0 Å². The van der Waals surface area contributed by atoms with E-state index in [0.29, 0.717) is 11.8 Å². The smallest absolute Gasteiger partial charge is 0.239 e. The molecule has 0 aliphatic carbocycles. The van der Waals surface area contributed by atoms with Crippen LogP contribution in [0.3, 0.4) is 0 Å². The summed E-state index contributed by atoms with van der Waals surface area (Å²) in [5.74, 6) is 0.820. The fourth-order valence-electron chi connectivity index (χ4n) is 2.61. The molecular weight excluding hydrogens is 224 g/mol. The Morgan fingerprint density at radius 2 is 1.83 bits per heavy atom. The summed E-state index contributed by atoms with van der Waals surface area (Å²) in [5.41, 5.74) is 0. The van der Waals surface area contributed by atoms with Crippen LogP contribution in [0.1, 0.15) is 59.3 Å². The summed E-state index contributed by atoms with van der Waals surface area (Å²) < 4.78 is 0. The van der Waals surface area contributed by atoms with Gasteiger partial charge in [0.05, 0.1) is 6.04 Å². The van der Waals surface area contributed by atoms with Crippen LogP contribution in [0.15, 0.2) is 0 Å². The molecule has 3 heteroatoms. The second-order valence-electron chi connectivity index (χ2n) is 5.58. The van der Waals surface area contributed by atoms with E-state index in [9.17, 15) is 4.79 Å². The lowest BCUT2D eigenvalue weighted by atomic mass is 9.91. The molecule has 0 spiro atoms. The standard InChI is InChI=1S/C15H30N2O/c1-4-6-11-17(12-7-5-2)15(18)14-13(3)9-8-10-16-14/h13-14,16H,4-12H2,1-3H3. The molecule has 1 aliphatic heterocycles. The number of hydrogen-bond donors (Lipinski definition) is 1. The van der Waals surface area contributed by atoms with Crippen molar-refractivity contribution in [2.45, 2.75) is 65.3 Å². The first-order valence-electron chi connectivity index (χ1n) is 7.72. The van der Waals surface area contributed by atoms with E-state index < -0.39 is 0 Å². The van der Waals surface area contributed by atoms with Gasteiger partial charge in [-0.05, 0) is 38.1 Å². The van der Waals surface area contributed by atoms with Gasteiger partial charge in [-0.2, -0.15) is 0 Å². The van der Waals surface area contributed by atoms with E-state index in [1.54, 1.807) is 0 Å². The van der Waals surface area contributed by atoms with Crippen LogP contribution in [0.5, 0.6) is 0 Å². The number of amides is 1. The van der Waals surface area contributed by atoms with Crippen molar-refractivity contribution >= 4 is 5.91 Å². The van der Waals surface area contributed by atoms with Gasteiger partial charge in [0.25, 0.3) is 0 Å². The number of carbonyl (C=O) groups is 1. The van der Waals surface area contributed by atoms with Gasteiger partial charge in [0.2, 0.25) is 5.91 Å². The van der Waals surface area contributed by atoms with Gasteiger partial charge in [-0.25, -0.2) is 0 Å². The van der Waals surface area contributed by atoms with Gasteiger partial charge in [-0.15, -0.1) is 0 Å². The molecular formula is C15H30N2O. The van der Waals surface area contributed by atoms with E-state index in [1.165, 1.54) is 12.8 Å². The summed E-state index contributed by atoms with van der Waals surface area (Å²) in [7, 11) is 0. The Hall–Kier alpha value is -0.570. The van der Waals surface area contributed by atoms with Crippen molar-refractivity contribution in [1.29, 1.82) is 0 Å². The molecule has 0 saturated carbocycles. The van der Waals surface area contributed by atoms with Crippen molar-refractivity contribution in [3.8, 4) is 0 Å². The number of carbonyl (C=O) groups excluding carboxylic acids is 1. The predicted octanol–water partition coefficient (Wildman–Crippen LogP) is 2.80. The minimum atomic E-state index is 0.0625. The summed E-state index contributed by atoms with van der Waals surface area (Å²) in [6.07, 6.45) is 6.94. The summed E-state index contributed by atoms with van der Waals surface area (Å²) in [6, 6.07) is 0.0625. The zero-order valence-corrected chi connectivity index (χ0v) is 12.4. The van der Waals surface area contributed by atoms with Crippen LogP contribution >= 0.6 is 0 Å². The normalized spacial score (nSPS) is 23.9. The second-order valence-corrected chi connectivity index (χ2v) is 5.58. The van der Waals surface area contributed by atoms with Crippen molar-refractivity contribution in [2.24, 2.45) is 5.92 Å². The lowest BCUT2D eigenvalue weighted by molar-refractivity contribution is -0.135. The van der Waals surface area contributed by atoms with Crippen LogP contribution < -0.4 is 5.32 Å². The van der Waals surface area contributed by atoms with E-state index in [0.717, 1.165) is 45.3 Å². The van der Waals surface area contributed by atoms with Crippen molar-refractivity contribution in [1.82, 2.24) is 10.2 Å². The maximum Gasteiger partial charge on any atom is 0.239 e. The molecule has 2 unspecified atom stereocenters. The highest BCUT2D eigenvalue weighted by Crippen LogP contribution is 2.18. The third-order valence-corrected chi connectivity index (χ3v) is 3.91. The minimum Gasteiger partial charge on any atom is -0.341 e. The molecule has 0 aromatic heterocycles. The van der Waals surface area contributed by atoms with Crippen molar-refractivity contribution in [3.63, 3.8) is 0 Å². The summed E-state index contributed by atoms with van der Waals surface area (Å²) in [6.45, 7) is 9.43. The SMILES string of the molecule is CCCCN(CCCC)C(=O)C1NCCCC1C. The van der Waals surface area contributed by atoms with E-state index in [1.807, 2.05) is 0 Å². The summed E-state index contributed by atoms with van der Waals surface area (Å²) in [4.78, 5) is 14.7. The third-order valence-electron chi connectivity index (χ3n) is 3.91. The third kappa shape index (κ3) is 4.60. The highest BCUT2D eigenvalue weighted by Gasteiger charge is 2.30. The number of rotatable bonds is 7. The minimum absolute atomic E-state index is 0.0625. The zero-order valence-electron chi connectivity index (χ0n) is 12.4. The predicted molar refractivity (Wildman–Crippen MR) is 76.6 cm³/mol. The van der Waals surface area contributed by atoms with Gasteiger partial charge in [-0.3, -0.25) is 4.79 Å². The Balaban J connectivity index is 2.55. The lowest BCUT2D eigenvalue weighted by Crippen LogP contribution is -2.52. The highest BCUT2D eigenvalue weighted by molar-refractivity contribution is 5.82. The molecule has 1 fully saturated rings. The monoisotopic (exact) mass is 254 g/mol. The number of unbranched alkanes of at least 4 members (excludes halogenated alkanes) is 2. The molecule has 3 nitrogen and oxygen atoms in total. The van der Waals surface area contributed by atoms with E-state index in [2.05, 4.69) is 31.0 Å². The van der Waals surface area contributed by atoms with Crippen molar-refractivity contribution < 1.29 is 4.79 Å². The molecule has 2 atom stereocenters. The first kappa shape index (κ1) is 15.5. The first-order chi connectivity index (χ1) is 8.70. The number of nitrogens with one attached hydrogen (secondary N) is 1. The molecule has 0 aromatic rings. The largest absolute Gasteiger partial charge is 0.341 e. The quantitative estimate of drug-likeness (QED) is 0.757. The Kier molecular flexibility index (Phi) is 7.33. The molecule has 1 rings (SSSR count). The van der Waals surface area contributed by atoms with Crippen LogP contribution in [0.2, 0.25) is 0 Å². The second kappa shape index (κ2) is 8.52. The molecule has 0 radical (unpaired) electrons. The van der Waals surface area contributed by atoms with Gasteiger partial charge in [0, 0.05) is 13.1 Å². The Morgan fingerprint density at radius 3 is 2.33 bits per heavy atom. The summed E-state index contributed by atoms with van der Waals surface area (Å²) >= 11 is 0. The van der Waals surface area contributed by atoms with Crippen LogP contribution in [-0.4, -0.2) is 36.5 Å². The Labute approximate surface area is 112 Å². The fraction of sp³-hybridized carbons (Fsp3) is 0.933. The Bertz CT molecular complexity index is 235. The van der Waals surface area contributed by atoms with Gasteiger partial charge in [0.1, 0.15) is 0 Å². The van der Waals surface area contributed by atoms with Crippen LogP contribution in [0, 0.1) is 5.92 Å². The molecule has 0 aromatic carbocycles. The topological polar surface area (TPSA) is 32.3 Å². The van der Waals surface area contributed by atoms with E-state index in [4.69, 9.17) is 0 Å². The van der Waals surface area contributed by atoms with E-state index >= 15 is 0 Å². The first-order valence-corrected chi connectivity index (χ1v) is 7.72. The molecule has 1 aliphatic rings. The zero-order chi connectivity index (χ0) is 13.4. The molecule has 1 saturated heterocycles. The van der Waals surface area contributed by atoms with Crippen LogP contribution in [0.25, 0.3) is 0 Å². The molecule has 1 heterocycles. The van der Waals surface area contributed by atoms with Crippen LogP contribution in [0.4, 0.5) is 0 Å². The molecule has 18 heavy (non-hydrogen) atoms. The number of hydrogen-bond acceptors (Lipinski definition) is 2. The van der Waals surface area contributed by atoms with Gasteiger partial charge in [0.15, 0.2) is 0 Å². The maximum absolute atomic E-state index is 12.6. The molecule has 0 bridgehead atoms. The summed E-state index contributed by atoms with van der Waals surface area (Å²) in [5, 5.41) is 3.41. The maximum atomic E-state index is 12.6. The molecule has 106 valence electrons. The average Bonchev–Trinajstić information content (AvgIpc) is 2.39. The molecule has 1 amide bonds. The lowest BCUT2D eigenvalue weighted by Gasteiger charge is -2.34.